The SMILES string of the molecule is CC1CN(CCC(=O)OC(C)(C)C)CCS1. The highest BCUT2D eigenvalue weighted by Crippen LogP contribution is 2.18. The van der Waals surface area contributed by atoms with E-state index in [0.29, 0.717) is 11.7 Å². The van der Waals surface area contributed by atoms with Gasteiger partial charge in [0.1, 0.15) is 5.60 Å². The summed E-state index contributed by atoms with van der Waals surface area (Å²) in [5.41, 5.74) is -0.359. The summed E-state index contributed by atoms with van der Waals surface area (Å²) in [6.07, 6.45) is 0.509. The number of rotatable bonds is 3. The van der Waals surface area contributed by atoms with Gasteiger partial charge in [-0.1, -0.05) is 6.92 Å². The molecule has 4 heteroatoms. The fourth-order valence-electron chi connectivity index (χ4n) is 1.74. The summed E-state index contributed by atoms with van der Waals surface area (Å²) < 4.78 is 5.28. The van der Waals surface area contributed by atoms with Gasteiger partial charge >= 0.3 is 5.97 Å². The fraction of sp³-hybridized carbons (Fsp3) is 0.917. The molecule has 16 heavy (non-hydrogen) atoms. The molecule has 0 bridgehead atoms. The summed E-state index contributed by atoms with van der Waals surface area (Å²) in [6.45, 7) is 11.0. The highest BCUT2D eigenvalue weighted by atomic mass is 32.2. The zero-order valence-corrected chi connectivity index (χ0v) is 11.6. The van der Waals surface area contributed by atoms with Crippen molar-refractivity contribution in [2.45, 2.75) is 45.0 Å². The highest BCUT2D eigenvalue weighted by molar-refractivity contribution is 7.99. The fourth-order valence-corrected chi connectivity index (χ4v) is 2.82. The molecule has 1 heterocycles. The minimum Gasteiger partial charge on any atom is -0.460 e. The standard InChI is InChI=1S/C12H23NO2S/c1-10-9-13(7-8-16-10)6-5-11(14)15-12(2,3)4/h10H,5-9H2,1-4H3. The normalized spacial score (nSPS) is 23.1. The molecule has 0 saturated carbocycles. The minimum atomic E-state index is -0.359. The molecular weight excluding hydrogens is 222 g/mol. The predicted octanol–water partition coefficient (Wildman–Crippen LogP) is 2.16. The van der Waals surface area contributed by atoms with Gasteiger partial charge in [-0.05, 0) is 20.8 Å². The quantitative estimate of drug-likeness (QED) is 0.713. The number of hydrogen-bond acceptors (Lipinski definition) is 4. The maximum absolute atomic E-state index is 11.5. The first-order chi connectivity index (χ1) is 7.37. The van der Waals surface area contributed by atoms with Crippen molar-refractivity contribution in [3.8, 4) is 0 Å². The van der Waals surface area contributed by atoms with Crippen molar-refractivity contribution in [1.82, 2.24) is 4.90 Å². The van der Waals surface area contributed by atoms with Gasteiger partial charge in [-0.3, -0.25) is 4.79 Å². The van der Waals surface area contributed by atoms with Crippen LogP contribution >= 0.6 is 11.8 Å². The number of ether oxygens (including phenoxy) is 1. The van der Waals surface area contributed by atoms with Crippen LogP contribution in [0.3, 0.4) is 0 Å². The Morgan fingerprint density at radius 1 is 1.50 bits per heavy atom. The summed E-state index contributed by atoms with van der Waals surface area (Å²) in [6, 6.07) is 0. The van der Waals surface area contributed by atoms with E-state index in [1.54, 1.807) is 0 Å². The molecule has 0 aromatic carbocycles. The molecule has 0 spiro atoms. The van der Waals surface area contributed by atoms with Gasteiger partial charge in [0.05, 0.1) is 6.42 Å². The van der Waals surface area contributed by atoms with Crippen LogP contribution in [-0.2, 0) is 9.53 Å². The van der Waals surface area contributed by atoms with Gasteiger partial charge in [0.15, 0.2) is 0 Å². The number of nitrogens with zero attached hydrogens (tertiary/aromatic N) is 1. The van der Waals surface area contributed by atoms with Crippen LogP contribution < -0.4 is 0 Å². The second-order valence-corrected chi connectivity index (χ2v) is 6.86. The number of hydrogen-bond donors (Lipinski definition) is 0. The van der Waals surface area contributed by atoms with Crippen molar-refractivity contribution in [3.63, 3.8) is 0 Å². The van der Waals surface area contributed by atoms with Crippen LogP contribution in [0.15, 0.2) is 0 Å². The van der Waals surface area contributed by atoms with E-state index in [1.807, 2.05) is 32.5 Å². The van der Waals surface area contributed by atoms with Crippen LogP contribution in [0.2, 0.25) is 0 Å². The lowest BCUT2D eigenvalue weighted by molar-refractivity contribution is -0.155. The highest BCUT2D eigenvalue weighted by Gasteiger charge is 2.20. The molecule has 1 rings (SSSR count). The van der Waals surface area contributed by atoms with Crippen molar-refractivity contribution in [2.24, 2.45) is 0 Å². The molecule has 94 valence electrons. The van der Waals surface area contributed by atoms with Crippen LogP contribution in [0, 0.1) is 0 Å². The van der Waals surface area contributed by atoms with Gasteiger partial charge in [-0.2, -0.15) is 11.8 Å². The third-order valence-electron chi connectivity index (χ3n) is 2.38. The lowest BCUT2D eigenvalue weighted by atomic mass is 10.2. The summed E-state index contributed by atoms with van der Waals surface area (Å²) >= 11 is 2.01. The molecule has 0 aromatic heterocycles. The Hall–Kier alpha value is -0.220. The largest absolute Gasteiger partial charge is 0.460 e. The number of thioether (sulfide) groups is 1. The Kier molecular flexibility index (Phi) is 5.12. The van der Waals surface area contributed by atoms with Crippen LogP contribution in [0.1, 0.15) is 34.1 Å². The molecule has 1 saturated heterocycles. The Morgan fingerprint density at radius 3 is 2.75 bits per heavy atom. The lowest BCUT2D eigenvalue weighted by Gasteiger charge is -2.30. The van der Waals surface area contributed by atoms with Crippen molar-refractivity contribution in [2.75, 3.05) is 25.4 Å². The number of carbonyl (C=O) groups is 1. The molecule has 1 aliphatic heterocycles. The summed E-state index contributed by atoms with van der Waals surface area (Å²) in [4.78, 5) is 13.9. The summed E-state index contributed by atoms with van der Waals surface area (Å²) in [5.74, 6) is 1.09. The molecule has 1 fully saturated rings. The average molecular weight is 245 g/mol. The number of esters is 1. The molecule has 1 atom stereocenters. The summed E-state index contributed by atoms with van der Waals surface area (Å²) in [7, 11) is 0. The van der Waals surface area contributed by atoms with E-state index in [0.717, 1.165) is 19.6 Å². The van der Waals surface area contributed by atoms with Crippen molar-refractivity contribution >= 4 is 17.7 Å². The average Bonchev–Trinajstić information content (AvgIpc) is 2.12. The van der Waals surface area contributed by atoms with Crippen molar-refractivity contribution in [3.05, 3.63) is 0 Å². The maximum Gasteiger partial charge on any atom is 0.307 e. The second kappa shape index (κ2) is 5.92. The van der Waals surface area contributed by atoms with Gasteiger partial charge < -0.3 is 9.64 Å². The van der Waals surface area contributed by atoms with E-state index in [9.17, 15) is 4.79 Å². The first-order valence-corrected chi connectivity index (χ1v) is 6.97. The third kappa shape index (κ3) is 5.75. The maximum atomic E-state index is 11.5. The molecule has 1 aliphatic rings. The van der Waals surface area contributed by atoms with Crippen LogP contribution in [0.5, 0.6) is 0 Å². The van der Waals surface area contributed by atoms with E-state index < -0.39 is 0 Å². The Morgan fingerprint density at radius 2 is 2.19 bits per heavy atom. The van der Waals surface area contributed by atoms with E-state index in [2.05, 4.69) is 11.8 Å². The van der Waals surface area contributed by atoms with Gasteiger partial charge in [0.2, 0.25) is 0 Å². The molecular formula is C12H23NO2S. The van der Waals surface area contributed by atoms with Gasteiger partial charge in [0.25, 0.3) is 0 Å². The molecule has 0 N–H and O–H groups in total. The van der Waals surface area contributed by atoms with Crippen LogP contribution in [-0.4, -0.2) is 47.1 Å². The lowest BCUT2D eigenvalue weighted by Crippen LogP contribution is -2.38. The first kappa shape index (κ1) is 13.8. The minimum absolute atomic E-state index is 0.0848. The van der Waals surface area contributed by atoms with E-state index in [1.165, 1.54) is 5.75 Å². The summed E-state index contributed by atoms with van der Waals surface area (Å²) in [5, 5.41) is 0.687. The van der Waals surface area contributed by atoms with E-state index >= 15 is 0 Å². The monoisotopic (exact) mass is 245 g/mol. The number of carbonyl (C=O) groups excluding carboxylic acids is 1. The topological polar surface area (TPSA) is 29.5 Å². The molecule has 1 unspecified atom stereocenters. The predicted molar refractivity (Wildman–Crippen MR) is 68.8 cm³/mol. The Balaban J connectivity index is 2.21. The van der Waals surface area contributed by atoms with Crippen LogP contribution in [0.4, 0.5) is 0 Å². The van der Waals surface area contributed by atoms with Gasteiger partial charge in [0, 0.05) is 30.6 Å². The molecule has 0 aliphatic carbocycles. The second-order valence-electron chi connectivity index (χ2n) is 5.32. The van der Waals surface area contributed by atoms with E-state index in [4.69, 9.17) is 4.74 Å². The first-order valence-electron chi connectivity index (χ1n) is 5.92. The zero-order chi connectivity index (χ0) is 12.2. The van der Waals surface area contributed by atoms with Gasteiger partial charge in [-0.15, -0.1) is 0 Å². The third-order valence-corrected chi connectivity index (χ3v) is 3.51. The molecule has 0 amide bonds. The molecule has 3 nitrogen and oxygen atoms in total. The van der Waals surface area contributed by atoms with Crippen molar-refractivity contribution in [1.29, 1.82) is 0 Å². The zero-order valence-electron chi connectivity index (χ0n) is 10.8. The molecule has 0 aromatic rings. The Labute approximate surface area is 103 Å². The van der Waals surface area contributed by atoms with Crippen molar-refractivity contribution < 1.29 is 9.53 Å². The Bertz CT molecular complexity index is 238. The smallest absolute Gasteiger partial charge is 0.307 e. The molecule has 0 radical (unpaired) electrons. The van der Waals surface area contributed by atoms with Crippen LogP contribution in [0.25, 0.3) is 0 Å². The van der Waals surface area contributed by atoms with E-state index in [-0.39, 0.29) is 11.6 Å². The van der Waals surface area contributed by atoms with Gasteiger partial charge in [-0.25, -0.2) is 0 Å².